The molecule has 0 amide bonds. The smallest absolute Gasteiger partial charge is 0.339 e. The molecule has 11 heteroatoms. The molecule has 2 rings (SSSR count). The molecule has 1 aromatic carbocycles. The zero-order chi connectivity index (χ0) is 22.4. The monoisotopic (exact) mass is 536 g/mol. The number of methoxy groups -OCH3 is 1. The van der Waals surface area contributed by atoms with E-state index in [1.54, 1.807) is 24.3 Å². The van der Waals surface area contributed by atoms with E-state index in [-0.39, 0.29) is 0 Å². The van der Waals surface area contributed by atoms with Gasteiger partial charge in [0, 0.05) is 24.3 Å². The maximum atomic E-state index is 12.3. The van der Waals surface area contributed by atoms with Crippen molar-refractivity contribution < 1.29 is 47.6 Å². The molecule has 0 radical (unpaired) electrons. The van der Waals surface area contributed by atoms with Gasteiger partial charge in [-0.2, -0.15) is 0 Å². The van der Waals surface area contributed by atoms with Gasteiger partial charge in [0.25, 0.3) is 0 Å². The number of ether oxygens (including phenoxy) is 6. The Kier molecular flexibility index (Phi) is 8.41. The van der Waals surface area contributed by atoms with Crippen molar-refractivity contribution in [1.82, 2.24) is 0 Å². The Morgan fingerprint density at radius 2 is 1.33 bits per heavy atom. The van der Waals surface area contributed by atoms with Gasteiger partial charge in [-0.3, -0.25) is 14.4 Å². The Balaban J connectivity index is 2.47. The maximum absolute atomic E-state index is 12.3. The third-order valence-electron chi connectivity index (χ3n) is 3.90. The molecular weight excluding hydrogens is 515 g/mol. The van der Waals surface area contributed by atoms with E-state index in [2.05, 4.69) is 22.6 Å². The van der Waals surface area contributed by atoms with Crippen molar-refractivity contribution >= 4 is 46.5 Å². The van der Waals surface area contributed by atoms with E-state index in [9.17, 15) is 19.2 Å². The van der Waals surface area contributed by atoms with Gasteiger partial charge in [-0.25, -0.2) is 4.79 Å². The van der Waals surface area contributed by atoms with Crippen molar-refractivity contribution in [2.45, 2.75) is 51.5 Å². The molecule has 5 atom stereocenters. The van der Waals surface area contributed by atoms with Crippen molar-refractivity contribution in [2.24, 2.45) is 0 Å². The van der Waals surface area contributed by atoms with E-state index in [1.165, 1.54) is 0 Å². The van der Waals surface area contributed by atoms with E-state index in [0.29, 0.717) is 5.75 Å². The molecule has 1 saturated heterocycles. The molecule has 0 bridgehead atoms. The second kappa shape index (κ2) is 10.6. The summed E-state index contributed by atoms with van der Waals surface area (Å²) in [6, 6.07) is 6.81. The zero-order valence-electron chi connectivity index (χ0n) is 16.7. The van der Waals surface area contributed by atoms with Gasteiger partial charge in [-0.15, -0.1) is 0 Å². The molecule has 1 heterocycles. The van der Waals surface area contributed by atoms with Crippen LogP contribution in [0.2, 0.25) is 0 Å². The fourth-order valence-electron chi connectivity index (χ4n) is 2.82. The van der Waals surface area contributed by atoms with E-state index < -0.39 is 54.6 Å². The lowest BCUT2D eigenvalue weighted by atomic mass is 9.97. The fraction of sp³-hybridized carbons (Fsp3) is 0.474. The first-order valence-electron chi connectivity index (χ1n) is 8.79. The molecule has 0 saturated carbocycles. The van der Waals surface area contributed by atoms with E-state index in [4.69, 9.17) is 28.4 Å². The highest BCUT2D eigenvalue weighted by Crippen LogP contribution is 2.31. The van der Waals surface area contributed by atoms with Gasteiger partial charge in [0.15, 0.2) is 18.3 Å². The molecular formula is C19H21IO10. The average molecular weight is 536 g/mol. The fourth-order valence-corrected chi connectivity index (χ4v) is 3.18. The summed E-state index contributed by atoms with van der Waals surface area (Å²) in [5.74, 6) is -2.80. The lowest BCUT2D eigenvalue weighted by Crippen LogP contribution is -2.64. The highest BCUT2D eigenvalue weighted by molar-refractivity contribution is 14.1. The van der Waals surface area contributed by atoms with Gasteiger partial charge in [0.05, 0.1) is 7.11 Å². The molecule has 1 unspecified atom stereocenters. The summed E-state index contributed by atoms with van der Waals surface area (Å²) >= 11 is 2.11. The minimum absolute atomic E-state index is 0.341. The van der Waals surface area contributed by atoms with Crippen LogP contribution in [0.5, 0.6) is 5.75 Å². The Labute approximate surface area is 186 Å². The average Bonchev–Trinajstić information content (AvgIpc) is 2.66. The van der Waals surface area contributed by atoms with E-state index in [0.717, 1.165) is 31.5 Å². The predicted octanol–water partition coefficient (Wildman–Crippen LogP) is 1.36. The number of hydrogen-bond donors (Lipinski definition) is 0. The number of carbonyl (C=O) groups is 4. The molecule has 164 valence electrons. The van der Waals surface area contributed by atoms with Crippen LogP contribution in [0, 0.1) is 3.57 Å². The molecule has 1 fully saturated rings. The van der Waals surface area contributed by atoms with Crippen LogP contribution in [0.4, 0.5) is 0 Å². The first kappa shape index (κ1) is 23.9. The molecule has 1 aliphatic rings. The number of carbonyl (C=O) groups excluding carboxylic acids is 4. The van der Waals surface area contributed by atoms with Gasteiger partial charge in [-0.05, 0) is 46.9 Å². The van der Waals surface area contributed by atoms with Gasteiger partial charge >= 0.3 is 23.9 Å². The zero-order valence-corrected chi connectivity index (χ0v) is 18.8. The van der Waals surface area contributed by atoms with Crippen LogP contribution in [0.1, 0.15) is 20.8 Å². The van der Waals surface area contributed by atoms with Gasteiger partial charge in [-0.1, -0.05) is 0 Å². The lowest BCUT2D eigenvalue weighted by Gasteiger charge is -2.43. The summed E-state index contributed by atoms with van der Waals surface area (Å²) in [5, 5.41) is 0. The van der Waals surface area contributed by atoms with Crippen molar-refractivity contribution in [2.75, 3.05) is 7.11 Å². The topological polar surface area (TPSA) is 124 Å². The van der Waals surface area contributed by atoms with Crippen molar-refractivity contribution in [3.8, 4) is 5.75 Å². The largest absolute Gasteiger partial charge is 0.467 e. The predicted molar refractivity (Wildman–Crippen MR) is 107 cm³/mol. The molecule has 0 aliphatic carbocycles. The lowest BCUT2D eigenvalue weighted by molar-refractivity contribution is -0.282. The molecule has 1 aromatic rings. The van der Waals surface area contributed by atoms with Crippen LogP contribution in [-0.2, 0) is 42.9 Å². The van der Waals surface area contributed by atoms with Crippen molar-refractivity contribution in [3.63, 3.8) is 0 Å². The molecule has 0 aromatic heterocycles. The summed E-state index contributed by atoms with van der Waals surface area (Å²) in [6.45, 7) is 3.36. The molecule has 1 aliphatic heterocycles. The number of esters is 4. The second-order valence-corrected chi connectivity index (χ2v) is 7.49. The Morgan fingerprint density at radius 3 is 1.83 bits per heavy atom. The Hall–Kier alpha value is -2.41. The normalized spacial score (nSPS) is 25.6. The summed E-state index contributed by atoms with van der Waals surface area (Å²) in [5.41, 5.74) is 0. The standard InChI is InChI=1S/C19H21IO10/c1-9(21)26-14-15(27-10(2)22)17(28-11(3)23)19(30-16(14)18(24)25-4)29-13-7-5-12(20)6-8-13/h5-8,14-17,19H,1-4H3/t14-,15-,16?,17-,19+/m0/s1. The maximum Gasteiger partial charge on any atom is 0.339 e. The molecule has 0 spiro atoms. The first-order chi connectivity index (χ1) is 14.1. The van der Waals surface area contributed by atoms with Gasteiger partial charge in [0.2, 0.25) is 12.4 Å². The highest BCUT2D eigenvalue weighted by Gasteiger charge is 2.55. The minimum Gasteiger partial charge on any atom is -0.467 e. The third-order valence-corrected chi connectivity index (χ3v) is 4.62. The van der Waals surface area contributed by atoms with Gasteiger partial charge < -0.3 is 28.4 Å². The first-order valence-corrected chi connectivity index (χ1v) is 9.87. The summed E-state index contributed by atoms with van der Waals surface area (Å²) in [7, 11) is 1.12. The van der Waals surface area contributed by atoms with Crippen molar-refractivity contribution in [1.29, 1.82) is 0 Å². The number of rotatable bonds is 6. The molecule has 10 nitrogen and oxygen atoms in total. The van der Waals surface area contributed by atoms with Crippen LogP contribution in [0.3, 0.4) is 0 Å². The summed E-state index contributed by atoms with van der Waals surface area (Å²) < 4.78 is 32.8. The molecule has 0 N–H and O–H groups in total. The van der Waals surface area contributed by atoms with Crippen LogP contribution in [0.25, 0.3) is 0 Å². The number of halogens is 1. The van der Waals surface area contributed by atoms with Gasteiger partial charge in [0.1, 0.15) is 5.75 Å². The quantitative estimate of drug-likeness (QED) is 0.299. The van der Waals surface area contributed by atoms with E-state index in [1.807, 2.05) is 0 Å². The number of hydrogen-bond acceptors (Lipinski definition) is 10. The Bertz CT molecular complexity index is 793. The number of benzene rings is 1. The van der Waals surface area contributed by atoms with Crippen LogP contribution < -0.4 is 4.74 Å². The van der Waals surface area contributed by atoms with Crippen LogP contribution in [-0.4, -0.2) is 61.7 Å². The highest BCUT2D eigenvalue weighted by atomic mass is 127. The Morgan fingerprint density at radius 1 is 0.833 bits per heavy atom. The molecule has 30 heavy (non-hydrogen) atoms. The van der Waals surface area contributed by atoms with E-state index >= 15 is 0 Å². The van der Waals surface area contributed by atoms with Crippen LogP contribution in [0.15, 0.2) is 24.3 Å². The van der Waals surface area contributed by atoms with Crippen LogP contribution >= 0.6 is 22.6 Å². The van der Waals surface area contributed by atoms with Crippen molar-refractivity contribution in [3.05, 3.63) is 27.8 Å². The second-order valence-electron chi connectivity index (χ2n) is 6.24. The summed E-state index contributed by atoms with van der Waals surface area (Å²) in [4.78, 5) is 47.4. The summed E-state index contributed by atoms with van der Waals surface area (Å²) in [6.07, 6.45) is -7.02. The SMILES string of the molecule is COC(=O)C1O[C@@H](Oc2ccc(I)cc2)[C@@H](OC(C)=O)[C@@H](OC(C)=O)[C@@H]1OC(C)=O. The third kappa shape index (κ3) is 6.29. The minimum atomic E-state index is -1.50.